The Kier molecular flexibility index (Phi) is 1.81. The second-order valence-corrected chi connectivity index (χ2v) is 4.00. The number of phenols is 1. The van der Waals surface area contributed by atoms with E-state index >= 15 is 0 Å². The number of hydrogen-bond acceptors (Lipinski definition) is 2. The van der Waals surface area contributed by atoms with Crippen LogP contribution in [-0.2, 0) is 6.42 Å². The molecule has 0 unspecified atom stereocenters. The molecule has 0 saturated heterocycles. The van der Waals surface area contributed by atoms with E-state index in [9.17, 15) is 5.11 Å². The summed E-state index contributed by atoms with van der Waals surface area (Å²) in [5.41, 5.74) is 2.44. The second-order valence-electron chi connectivity index (χ2n) is 4.00. The van der Waals surface area contributed by atoms with Gasteiger partial charge in [-0.3, -0.25) is 0 Å². The zero-order valence-electron chi connectivity index (χ0n) is 8.46. The monoisotopic (exact) mass is 199 g/mol. The highest BCUT2D eigenvalue weighted by Gasteiger charge is 2.13. The van der Waals surface area contributed by atoms with Crippen LogP contribution in [0.1, 0.15) is 12.0 Å². The Morgan fingerprint density at radius 2 is 1.93 bits per heavy atom. The third-order valence-electron chi connectivity index (χ3n) is 3.05. The summed E-state index contributed by atoms with van der Waals surface area (Å²) in [5, 5.41) is 15.4. The topological polar surface area (TPSA) is 32.3 Å². The van der Waals surface area contributed by atoms with Gasteiger partial charge in [0.05, 0.1) is 0 Å². The van der Waals surface area contributed by atoms with E-state index in [1.54, 1.807) is 0 Å². The highest BCUT2D eigenvalue weighted by molar-refractivity contribution is 5.95. The van der Waals surface area contributed by atoms with Crippen molar-refractivity contribution in [1.82, 2.24) is 0 Å². The van der Waals surface area contributed by atoms with Crippen molar-refractivity contribution in [2.24, 2.45) is 0 Å². The minimum Gasteiger partial charge on any atom is -0.507 e. The lowest BCUT2D eigenvalue weighted by molar-refractivity contribution is 0.481. The van der Waals surface area contributed by atoms with Crippen LogP contribution >= 0.6 is 0 Å². The number of phenolic OH excluding ortho intramolecular Hbond substituents is 1. The molecule has 2 nitrogen and oxygen atoms in total. The maximum Gasteiger partial charge on any atom is 0.125 e. The van der Waals surface area contributed by atoms with Gasteiger partial charge in [-0.05, 0) is 23.8 Å². The van der Waals surface area contributed by atoms with E-state index in [4.69, 9.17) is 0 Å². The van der Waals surface area contributed by atoms with Crippen LogP contribution in [0.3, 0.4) is 0 Å². The lowest BCUT2D eigenvalue weighted by atomic mass is 9.96. The molecule has 15 heavy (non-hydrogen) atoms. The van der Waals surface area contributed by atoms with E-state index in [1.165, 1.54) is 17.4 Å². The molecule has 0 amide bonds. The third kappa shape index (κ3) is 1.25. The molecule has 1 aliphatic rings. The Morgan fingerprint density at radius 1 is 1.13 bits per heavy atom. The van der Waals surface area contributed by atoms with Crippen LogP contribution in [0.25, 0.3) is 10.8 Å². The summed E-state index contributed by atoms with van der Waals surface area (Å²) in [4.78, 5) is 0. The van der Waals surface area contributed by atoms with Crippen LogP contribution in [0.4, 0.5) is 5.69 Å². The summed E-state index contributed by atoms with van der Waals surface area (Å²) < 4.78 is 0. The molecule has 0 spiro atoms. The zero-order chi connectivity index (χ0) is 10.3. The lowest BCUT2D eigenvalue weighted by Gasteiger charge is -2.20. The van der Waals surface area contributed by atoms with Crippen molar-refractivity contribution in [2.75, 3.05) is 11.9 Å². The van der Waals surface area contributed by atoms with Crippen molar-refractivity contribution in [3.8, 4) is 5.75 Å². The van der Waals surface area contributed by atoms with E-state index in [1.807, 2.05) is 24.3 Å². The van der Waals surface area contributed by atoms with E-state index in [2.05, 4.69) is 11.4 Å². The number of nitrogens with one attached hydrogen (secondary N) is 1. The van der Waals surface area contributed by atoms with Gasteiger partial charge in [0.25, 0.3) is 0 Å². The van der Waals surface area contributed by atoms with Gasteiger partial charge in [-0.15, -0.1) is 0 Å². The molecule has 0 radical (unpaired) electrons. The predicted octanol–water partition coefficient (Wildman–Crippen LogP) is 2.90. The molecular formula is C13H13NO. The minimum absolute atomic E-state index is 0.374. The first kappa shape index (κ1) is 8.60. The summed E-state index contributed by atoms with van der Waals surface area (Å²) in [6, 6.07) is 9.89. The number of hydrogen-bond donors (Lipinski definition) is 2. The van der Waals surface area contributed by atoms with E-state index in [0.717, 1.165) is 24.0 Å². The van der Waals surface area contributed by atoms with Gasteiger partial charge in [0.15, 0.2) is 0 Å². The maximum absolute atomic E-state index is 9.89. The third-order valence-corrected chi connectivity index (χ3v) is 3.05. The van der Waals surface area contributed by atoms with Crippen LogP contribution in [0.15, 0.2) is 30.3 Å². The van der Waals surface area contributed by atoms with Crippen molar-refractivity contribution in [3.63, 3.8) is 0 Å². The van der Waals surface area contributed by atoms with Crippen molar-refractivity contribution >= 4 is 16.5 Å². The van der Waals surface area contributed by atoms with Gasteiger partial charge < -0.3 is 10.4 Å². The Labute approximate surface area is 88.5 Å². The SMILES string of the molecule is Oc1cc2c(c3ccccc13)CCCN2. The number of anilines is 1. The largest absolute Gasteiger partial charge is 0.507 e. The van der Waals surface area contributed by atoms with Gasteiger partial charge in [-0.2, -0.15) is 0 Å². The smallest absolute Gasteiger partial charge is 0.125 e. The highest BCUT2D eigenvalue weighted by Crippen LogP contribution is 2.35. The second kappa shape index (κ2) is 3.16. The van der Waals surface area contributed by atoms with Crippen LogP contribution in [0.2, 0.25) is 0 Å². The van der Waals surface area contributed by atoms with Gasteiger partial charge in [0, 0.05) is 23.7 Å². The molecule has 0 fully saturated rings. The Morgan fingerprint density at radius 3 is 2.80 bits per heavy atom. The molecule has 2 heteroatoms. The van der Waals surface area contributed by atoms with Crippen molar-refractivity contribution in [2.45, 2.75) is 12.8 Å². The number of aryl methyl sites for hydroxylation is 1. The number of benzene rings is 2. The Balaban J connectivity index is 2.39. The van der Waals surface area contributed by atoms with Crippen LogP contribution in [0.5, 0.6) is 5.75 Å². The van der Waals surface area contributed by atoms with Crippen molar-refractivity contribution in [1.29, 1.82) is 0 Å². The molecule has 2 aromatic carbocycles. The summed E-state index contributed by atoms with van der Waals surface area (Å²) >= 11 is 0. The van der Waals surface area contributed by atoms with Gasteiger partial charge in [-0.25, -0.2) is 0 Å². The Hall–Kier alpha value is -1.70. The summed E-state index contributed by atoms with van der Waals surface area (Å²) in [6.45, 7) is 1.00. The van der Waals surface area contributed by atoms with Crippen LogP contribution in [0, 0.1) is 0 Å². The van der Waals surface area contributed by atoms with E-state index < -0.39 is 0 Å². The first-order valence-electron chi connectivity index (χ1n) is 5.34. The molecule has 0 aromatic heterocycles. The molecule has 0 bridgehead atoms. The molecule has 1 aliphatic heterocycles. The summed E-state index contributed by atoms with van der Waals surface area (Å²) in [5.74, 6) is 0.374. The van der Waals surface area contributed by atoms with E-state index in [-0.39, 0.29) is 0 Å². The van der Waals surface area contributed by atoms with Gasteiger partial charge in [0.1, 0.15) is 5.75 Å². The zero-order valence-corrected chi connectivity index (χ0v) is 8.46. The van der Waals surface area contributed by atoms with Crippen molar-refractivity contribution in [3.05, 3.63) is 35.9 Å². The molecular weight excluding hydrogens is 186 g/mol. The molecule has 2 N–H and O–H groups in total. The molecule has 3 rings (SSSR count). The van der Waals surface area contributed by atoms with E-state index in [0.29, 0.717) is 5.75 Å². The molecule has 76 valence electrons. The number of aromatic hydroxyl groups is 1. The fourth-order valence-corrected chi connectivity index (χ4v) is 2.33. The average molecular weight is 199 g/mol. The molecule has 0 atom stereocenters. The van der Waals surface area contributed by atoms with Gasteiger partial charge in [0.2, 0.25) is 0 Å². The normalized spacial score (nSPS) is 14.7. The number of fused-ring (bicyclic) bond motifs is 3. The summed E-state index contributed by atoms with van der Waals surface area (Å²) in [6.07, 6.45) is 2.27. The first-order valence-corrected chi connectivity index (χ1v) is 5.34. The Bertz CT molecular complexity index is 519. The average Bonchev–Trinajstić information content (AvgIpc) is 2.30. The van der Waals surface area contributed by atoms with Gasteiger partial charge in [-0.1, -0.05) is 24.3 Å². The summed E-state index contributed by atoms with van der Waals surface area (Å²) in [7, 11) is 0. The van der Waals surface area contributed by atoms with Crippen LogP contribution < -0.4 is 5.32 Å². The fraction of sp³-hybridized carbons (Fsp3) is 0.231. The molecule has 1 heterocycles. The predicted molar refractivity (Wildman–Crippen MR) is 62.4 cm³/mol. The number of rotatable bonds is 0. The quantitative estimate of drug-likeness (QED) is 0.683. The highest BCUT2D eigenvalue weighted by atomic mass is 16.3. The van der Waals surface area contributed by atoms with Crippen LogP contribution in [-0.4, -0.2) is 11.7 Å². The molecule has 0 aliphatic carbocycles. The van der Waals surface area contributed by atoms with Gasteiger partial charge >= 0.3 is 0 Å². The standard InChI is InChI=1S/C13H13NO/c15-13-8-12-10(6-3-7-14-12)9-4-1-2-5-11(9)13/h1-2,4-5,8,14-15H,3,6-7H2. The maximum atomic E-state index is 9.89. The fourth-order valence-electron chi connectivity index (χ4n) is 2.33. The first-order chi connectivity index (χ1) is 7.36. The molecule has 2 aromatic rings. The van der Waals surface area contributed by atoms with Crippen molar-refractivity contribution < 1.29 is 5.11 Å². The molecule has 0 saturated carbocycles. The lowest BCUT2D eigenvalue weighted by Crippen LogP contribution is -2.11. The minimum atomic E-state index is 0.374.